The molecular formula is C19H28O4. The molecule has 0 bridgehead atoms. The number of esters is 1. The summed E-state index contributed by atoms with van der Waals surface area (Å²) in [6.07, 6.45) is 6.09. The van der Waals surface area contributed by atoms with Gasteiger partial charge in [-0.1, -0.05) is 39.5 Å². The molecule has 4 heteroatoms. The topological polar surface area (TPSA) is 52.6 Å². The summed E-state index contributed by atoms with van der Waals surface area (Å²) in [4.78, 5) is 23.8. The predicted molar refractivity (Wildman–Crippen MR) is 91.3 cm³/mol. The van der Waals surface area contributed by atoms with E-state index in [1.807, 2.05) is 0 Å². The summed E-state index contributed by atoms with van der Waals surface area (Å²) in [7, 11) is 0. The lowest BCUT2D eigenvalue weighted by Gasteiger charge is -2.12. The fraction of sp³-hybridized carbons (Fsp3) is 0.579. The van der Waals surface area contributed by atoms with Crippen LogP contribution in [0.4, 0.5) is 0 Å². The number of hydrogen-bond donors (Lipinski definition) is 0. The molecule has 1 rings (SSSR count). The lowest BCUT2D eigenvalue weighted by molar-refractivity contribution is 0.0493. The quantitative estimate of drug-likeness (QED) is 0.334. The first-order valence-electron chi connectivity index (χ1n) is 8.55. The number of carbonyl (C=O) groups is 2. The van der Waals surface area contributed by atoms with Gasteiger partial charge >= 0.3 is 5.97 Å². The monoisotopic (exact) mass is 320 g/mol. The molecule has 0 saturated carbocycles. The number of ether oxygens (including phenoxy) is 2. The molecule has 0 aliphatic heterocycles. The van der Waals surface area contributed by atoms with Crippen molar-refractivity contribution in [3.05, 3.63) is 29.3 Å². The van der Waals surface area contributed by atoms with E-state index in [9.17, 15) is 9.59 Å². The third-order valence-corrected chi connectivity index (χ3v) is 3.59. The third kappa shape index (κ3) is 6.85. The van der Waals surface area contributed by atoms with Gasteiger partial charge in [0.05, 0.1) is 13.2 Å². The summed E-state index contributed by atoms with van der Waals surface area (Å²) in [5, 5.41) is 0. The third-order valence-electron chi connectivity index (χ3n) is 3.59. The molecule has 0 spiro atoms. The zero-order valence-electron chi connectivity index (χ0n) is 14.5. The highest BCUT2D eigenvalue weighted by Crippen LogP contribution is 2.22. The van der Waals surface area contributed by atoms with Crippen molar-refractivity contribution in [1.29, 1.82) is 0 Å². The molecule has 0 fully saturated rings. The molecule has 0 heterocycles. The lowest BCUT2D eigenvalue weighted by Crippen LogP contribution is -2.11. The number of rotatable bonds is 11. The molecule has 0 saturated heterocycles. The normalized spacial score (nSPS) is 10.4. The Balaban J connectivity index is 2.79. The van der Waals surface area contributed by atoms with E-state index < -0.39 is 5.97 Å². The van der Waals surface area contributed by atoms with Gasteiger partial charge in [0, 0.05) is 5.56 Å². The van der Waals surface area contributed by atoms with Crippen molar-refractivity contribution in [1.82, 2.24) is 0 Å². The molecule has 0 aliphatic carbocycles. The molecule has 0 atom stereocenters. The van der Waals surface area contributed by atoms with Crippen LogP contribution in [0, 0.1) is 0 Å². The highest BCUT2D eigenvalue weighted by atomic mass is 16.5. The van der Waals surface area contributed by atoms with E-state index in [0.29, 0.717) is 30.1 Å². The Morgan fingerprint density at radius 3 is 2.22 bits per heavy atom. The van der Waals surface area contributed by atoms with Crippen LogP contribution in [0.1, 0.15) is 80.0 Å². The minimum absolute atomic E-state index is 0.0810. The van der Waals surface area contributed by atoms with Crippen LogP contribution in [0.3, 0.4) is 0 Å². The minimum atomic E-state index is -0.422. The van der Waals surface area contributed by atoms with Crippen molar-refractivity contribution in [2.24, 2.45) is 0 Å². The van der Waals surface area contributed by atoms with E-state index in [-0.39, 0.29) is 5.78 Å². The summed E-state index contributed by atoms with van der Waals surface area (Å²) in [6, 6.07) is 4.94. The van der Waals surface area contributed by atoms with E-state index in [1.54, 1.807) is 18.2 Å². The number of benzene rings is 1. The van der Waals surface area contributed by atoms with E-state index >= 15 is 0 Å². The summed E-state index contributed by atoms with van der Waals surface area (Å²) in [6.45, 7) is 6.66. The maximum absolute atomic E-state index is 12.3. The summed E-state index contributed by atoms with van der Waals surface area (Å²) < 4.78 is 11.0. The fourth-order valence-electron chi connectivity index (χ4n) is 2.16. The zero-order chi connectivity index (χ0) is 17.1. The van der Waals surface area contributed by atoms with Crippen LogP contribution in [0.2, 0.25) is 0 Å². The second-order valence-corrected chi connectivity index (χ2v) is 5.67. The van der Waals surface area contributed by atoms with Crippen molar-refractivity contribution in [3.63, 3.8) is 0 Å². The maximum Gasteiger partial charge on any atom is 0.341 e. The number of Topliss-reactive ketones (excluding diaryl/α,β-unsaturated/α-hetero) is 1. The summed E-state index contributed by atoms with van der Waals surface area (Å²) >= 11 is 0. The highest BCUT2D eigenvalue weighted by molar-refractivity contribution is 5.99. The molecule has 0 N–H and O–H groups in total. The molecular weight excluding hydrogens is 292 g/mol. The maximum atomic E-state index is 12.3. The molecule has 0 amide bonds. The molecule has 1 aromatic carbocycles. The van der Waals surface area contributed by atoms with Gasteiger partial charge in [0.15, 0.2) is 5.78 Å². The smallest absolute Gasteiger partial charge is 0.341 e. The Morgan fingerprint density at radius 1 is 0.957 bits per heavy atom. The fourth-order valence-corrected chi connectivity index (χ4v) is 2.16. The van der Waals surface area contributed by atoms with Crippen molar-refractivity contribution < 1.29 is 19.1 Å². The van der Waals surface area contributed by atoms with Crippen LogP contribution in [0.25, 0.3) is 0 Å². The standard InChI is InChI=1S/C19H28O4/c1-4-6-8-12-22-18-11-10-16(15(3)20)14-17(18)19(21)23-13-9-7-5-2/h10-11,14H,4-9,12-13H2,1-3H3. The van der Waals surface area contributed by atoms with Crippen molar-refractivity contribution >= 4 is 11.8 Å². The van der Waals surface area contributed by atoms with Crippen LogP contribution in [-0.4, -0.2) is 25.0 Å². The van der Waals surface area contributed by atoms with Crippen LogP contribution >= 0.6 is 0 Å². The van der Waals surface area contributed by atoms with Crippen LogP contribution in [0.15, 0.2) is 18.2 Å². The van der Waals surface area contributed by atoms with Crippen molar-refractivity contribution in [2.45, 2.75) is 59.3 Å². The van der Waals surface area contributed by atoms with E-state index in [0.717, 1.165) is 38.5 Å². The minimum Gasteiger partial charge on any atom is -0.493 e. The van der Waals surface area contributed by atoms with Gasteiger partial charge in [-0.3, -0.25) is 4.79 Å². The number of ketones is 1. The second-order valence-electron chi connectivity index (χ2n) is 5.67. The molecule has 1 aromatic rings. The molecule has 23 heavy (non-hydrogen) atoms. The van der Waals surface area contributed by atoms with E-state index in [1.165, 1.54) is 6.92 Å². The highest BCUT2D eigenvalue weighted by Gasteiger charge is 2.16. The van der Waals surface area contributed by atoms with Crippen LogP contribution in [0.5, 0.6) is 5.75 Å². The molecule has 128 valence electrons. The Labute approximate surface area is 139 Å². The Bertz CT molecular complexity index is 508. The van der Waals surface area contributed by atoms with Gasteiger partial charge < -0.3 is 9.47 Å². The SMILES string of the molecule is CCCCCOC(=O)c1cc(C(C)=O)ccc1OCCCCC. The van der Waals surface area contributed by atoms with Gasteiger partial charge in [-0.05, 0) is 38.0 Å². The summed E-state index contributed by atoms with van der Waals surface area (Å²) in [5.41, 5.74) is 0.831. The van der Waals surface area contributed by atoms with Gasteiger partial charge in [0.25, 0.3) is 0 Å². The first-order chi connectivity index (χ1) is 11.1. The van der Waals surface area contributed by atoms with Gasteiger partial charge in [-0.25, -0.2) is 4.79 Å². The molecule has 0 aromatic heterocycles. The van der Waals surface area contributed by atoms with Crippen molar-refractivity contribution in [3.8, 4) is 5.75 Å². The number of hydrogen-bond acceptors (Lipinski definition) is 4. The zero-order valence-corrected chi connectivity index (χ0v) is 14.5. The number of carbonyl (C=O) groups excluding carboxylic acids is 2. The van der Waals surface area contributed by atoms with E-state index in [4.69, 9.17) is 9.47 Å². The summed E-state index contributed by atoms with van der Waals surface area (Å²) in [5.74, 6) is -0.0103. The Morgan fingerprint density at radius 2 is 1.61 bits per heavy atom. The second kappa shape index (κ2) is 10.8. The van der Waals surface area contributed by atoms with E-state index in [2.05, 4.69) is 13.8 Å². The van der Waals surface area contributed by atoms with Gasteiger partial charge in [-0.2, -0.15) is 0 Å². The Hall–Kier alpha value is -1.84. The average molecular weight is 320 g/mol. The molecule has 4 nitrogen and oxygen atoms in total. The van der Waals surface area contributed by atoms with Crippen molar-refractivity contribution in [2.75, 3.05) is 13.2 Å². The predicted octanol–water partition coefficient (Wildman–Crippen LogP) is 4.81. The first kappa shape index (κ1) is 19.2. The molecule has 0 aliphatic rings. The average Bonchev–Trinajstić information content (AvgIpc) is 2.55. The lowest BCUT2D eigenvalue weighted by atomic mass is 10.1. The first-order valence-corrected chi connectivity index (χ1v) is 8.55. The van der Waals surface area contributed by atoms with Gasteiger partial charge in [0.1, 0.15) is 11.3 Å². The van der Waals surface area contributed by atoms with Crippen LogP contribution in [-0.2, 0) is 4.74 Å². The molecule has 0 radical (unpaired) electrons. The van der Waals surface area contributed by atoms with Crippen LogP contribution < -0.4 is 4.74 Å². The Kier molecular flexibility index (Phi) is 9.03. The van der Waals surface area contributed by atoms with Gasteiger partial charge in [0.2, 0.25) is 0 Å². The largest absolute Gasteiger partial charge is 0.493 e. The molecule has 0 unspecified atom stereocenters. The number of unbranched alkanes of at least 4 members (excludes halogenated alkanes) is 4. The van der Waals surface area contributed by atoms with Gasteiger partial charge in [-0.15, -0.1) is 0 Å².